The summed E-state index contributed by atoms with van der Waals surface area (Å²) in [7, 11) is 0. The van der Waals surface area contributed by atoms with Gasteiger partial charge in [0.15, 0.2) is 11.5 Å². The van der Waals surface area contributed by atoms with Crippen LogP contribution in [0.3, 0.4) is 0 Å². The Kier molecular flexibility index (Phi) is 4.26. The number of ether oxygens (including phenoxy) is 2. The smallest absolute Gasteiger partial charge is 0.161 e. The molecule has 0 saturated heterocycles. The van der Waals surface area contributed by atoms with Gasteiger partial charge in [0.2, 0.25) is 0 Å². The van der Waals surface area contributed by atoms with E-state index in [2.05, 4.69) is 44.3 Å². The molecule has 0 aromatic heterocycles. The number of hydrogen-bond donors (Lipinski definition) is 1. The molecule has 1 unspecified atom stereocenters. The average Bonchev–Trinajstić information content (AvgIpc) is 2.37. The lowest BCUT2D eigenvalue weighted by atomic mass is 10.1. The zero-order chi connectivity index (χ0) is 13.0. The molecule has 1 heterocycles. The first kappa shape index (κ1) is 13.0. The highest BCUT2D eigenvalue weighted by Gasteiger charge is 2.13. The summed E-state index contributed by atoms with van der Waals surface area (Å²) < 4.78 is 11.1. The van der Waals surface area contributed by atoms with Crippen LogP contribution in [0.5, 0.6) is 11.5 Å². The van der Waals surface area contributed by atoms with Crippen LogP contribution >= 0.6 is 0 Å². The van der Waals surface area contributed by atoms with Crippen LogP contribution in [0.15, 0.2) is 29.8 Å². The van der Waals surface area contributed by atoms with Gasteiger partial charge in [-0.25, -0.2) is 0 Å². The Morgan fingerprint density at radius 2 is 2.00 bits per heavy atom. The molecule has 0 aliphatic carbocycles. The number of allylic oxidation sites excluding steroid dienone is 1. The van der Waals surface area contributed by atoms with Crippen molar-refractivity contribution in [3.63, 3.8) is 0 Å². The van der Waals surface area contributed by atoms with Crippen LogP contribution in [0.2, 0.25) is 0 Å². The number of rotatable bonds is 4. The van der Waals surface area contributed by atoms with Gasteiger partial charge in [0.25, 0.3) is 0 Å². The van der Waals surface area contributed by atoms with Crippen molar-refractivity contribution in [2.24, 2.45) is 0 Å². The molecule has 1 atom stereocenters. The van der Waals surface area contributed by atoms with Gasteiger partial charge in [-0.3, -0.25) is 0 Å². The lowest BCUT2D eigenvalue weighted by molar-refractivity contribution is 0.171. The van der Waals surface area contributed by atoms with E-state index < -0.39 is 0 Å². The Morgan fingerprint density at radius 1 is 1.28 bits per heavy atom. The van der Waals surface area contributed by atoms with Crippen LogP contribution in [0, 0.1) is 0 Å². The molecule has 98 valence electrons. The molecular weight excluding hydrogens is 226 g/mol. The lowest BCUT2D eigenvalue weighted by Gasteiger charge is -2.21. The van der Waals surface area contributed by atoms with E-state index in [-0.39, 0.29) is 0 Å². The predicted octanol–water partition coefficient (Wildman–Crippen LogP) is 3.07. The molecule has 1 aromatic rings. The van der Waals surface area contributed by atoms with Crippen LogP contribution in [-0.2, 0) is 0 Å². The maximum absolute atomic E-state index is 5.59. The summed E-state index contributed by atoms with van der Waals surface area (Å²) in [5.74, 6) is 1.70. The third kappa shape index (κ3) is 3.26. The van der Waals surface area contributed by atoms with Crippen LogP contribution < -0.4 is 14.8 Å². The fraction of sp³-hybridized carbons (Fsp3) is 0.467. The van der Waals surface area contributed by atoms with Crippen molar-refractivity contribution in [3.8, 4) is 11.5 Å². The van der Waals surface area contributed by atoms with Gasteiger partial charge >= 0.3 is 0 Å². The average molecular weight is 247 g/mol. The van der Waals surface area contributed by atoms with Crippen molar-refractivity contribution in [1.29, 1.82) is 0 Å². The van der Waals surface area contributed by atoms with Crippen LogP contribution in [0.25, 0.3) is 0 Å². The molecule has 0 amide bonds. The highest BCUT2D eigenvalue weighted by molar-refractivity contribution is 5.44. The zero-order valence-electron chi connectivity index (χ0n) is 11.3. The van der Waals surface area contributed by atoms with Gasteiger partial charge in [0.1, 0.15) is 13.2 Å². The van der Waals surface area contributed by atoms with Crippen molar-refractivity contribution in [2.75, 3.05) is 19.8 Å². The van der Waals surface area contributed by atoms with E-state index in [1.165, 1.54) is 11.1 Å². The largest absolute Gasteiger partial charge is 0.486 e. The van der Waals surface area contributed by atoms with Gasteiger partial charge in [-0.1, -0.05) is 17.7 Å². The summed E-state index contributed by atoms with van der Waals surface area (Å²) in [6, 6.07) is 6.45. The maximum atomic E-state index is 5.59. The molecular formula is C15H21NO2. The zero-order valence-corrected chi connectivity index (χ0v) is 11.3. The predicted molar refractivity (Wildman–Crippen MR) is 73.3 cm³/mol. The third-order valence-electron chi connectivity index (χ3n) is 3.00. The molecule has 1 aromatic carbocycles. The standard InChI is InChI=1S/C15H21NO2/c1-11(2)6-7-16-12(3)13-4-5-14-15(10-13)18-9-8-17-14/h4-6,10,12,16H,7-9H2,1-3H3. The van der Waals surface area contributed by atoms with Crippen molar-refractivity contribution < 1.29 is 9.47 Å². The molecule has 1 aliphatic heterocycles. The summed E-state index contributed by atoms with van der Waals surface area (Å²) in [6.07, 6.45) is 2.19. The van der Waals surface area contributed by atoms with E-state index in [0.717, 1.165) is 18.0 Å². The molecule has 2 rings (SSSR count). The first-order valence-corrected chi connectivity index (χ1v) is 6.43. The van der Waals surface area contributed by atoms with Crippen molar-refractivity contribution in [3.05, 3.63) is 35.4 Å². The van der Waals surface area contributed by atoms with E-state index in [9.17, 15) is 0 Å². The van der Waals surface area contributed by atoms with Gasteiger partial charge < -0.3 is 14.8 Å². The fourth-order valence-electron chi connectivity index (χ4n) is 1.89. The minimum Gasteiger partial charge on any atom is -0.486 e. The highest BCUT2D eigenvalue weighted by Crippen LogP contribution is 2.32. The number of nitrogens with one attached hydrogen (secondary N) is 1. The summed E-state index contributed by atoms with van der Waals surface area (Å²) in [5, 5.41) is 3.46. The van der Waals surface area contributed by atoms with Crippen molar-refractivity contribution in [1.82, 2.24) is 5.32 Å². The third-order valence-corrected chi connectivity index (χ3v) is 3.00. The van der Waals surface area contributed by atoms with Gasteiger partial charge in [0, 0.05) is 12.6 Å². The lowest BCUT2D eigenvalue weighted by Crippen LogP contribution is -2.20. The number of benzene rings is 1. The summed E-state index contributed by atoms with van der Waals surface area (Å²) in [6.45, 7) is 8.53. The minimum atomic E-state index is 0.302. The van der Waals surface area contributed by atoms with Crippen LogP contribution in [-0.4, -0.2) is 19.8 Å². The topological polar surface area (TPSA) is 30.5 Å². The molecule has 0 fully saturated rings. The molecule has 0 spiro atoms. The molecule has 0 radical (unpaired) electrons. The first-order valence-electron chi connectivity index (χ1n) is 6.43. The Balaban J connectivity index is 2.02. The molecule has 1 N–H and O–H groups in total. The fourth-order valence-corrected chi connectivity index (χ4v) is 1.89. The molecule has 18 heavy (non-hydrogen) atoms. The molecule has 0 saturated carbocycles. The summed E-state index contributed by atoms with van der Waals surface area (Å²) in [5.41, 5.74) is 2.55. The Morgan fingerprint density at radius 3 is 2.72 bits per heavy atom. The molecule has 1 aliphatic rings. The van der Waals surface area contributed by atoms with E-state index in [1.807, 2.05) is 6.07 Å². The summed E-state index contributed by atoms with van der Waals surface area (Å²) in [4.78, 5) is 0. The first-order chi connectivity index (χ1) is 8.66. The second kappa shape index (κ2) is 5.91. The molecule has 0 bridgehead atoms. The van der Waals surface area contributed by atoms with E-state index >= 15 is 0 Å². The van der Waals surface area contributed by atoms with Gasteiger partial charge in [-0.05, 0) is 38.5 Å². The van der Waals surface area contributed by atoms with Gasteiger partial charge in [-0.15, -0.1) is 0 Å². The van der Waals surface area contributed by atoms with Crippen LogP contribution in [0.4, 0.5) is 0 Å². The number of fused-ring (bicyclic) bond motifs is 1. The maximum Gasteiger partial charge on any atom is 0.161 e. The minimum absolute atomic E-state index is 0.302. The second-order valence-electron chi connectivity index (χ2n) is 4.81. The summed E-state index contributed by atoms with van der Waals surface area (Å²) >= 11 is 0. The monoisotopic (exact) mass is 247 g/mol. The molecule has 3 nitrogen and oxygen atoms in total. The number of hydrogen-bond acceptors (Lipinski definition) is 3. The van der Waals surface area contributed by atoms with E-state index in [1.54, 1.807) is 0 Å². The van der Waals surface area contributed by atoms with Crippen molar-refractivity contribution >= 4 is 0 Å². The van der Waals surface area contributed by atoms with E-state index in [4.69, 9.17) is 9.47 Å². The Bertz CT molecular complexity index is 436. The normalized spacial score (nSPS) is 15.1. The van der Waals surface area contributed by atoms with E-state index in [0.29, 0.717) is 19.3 Å². The second-order valence-corrected chi connectivity index (χ2v) is 4.81. The molecule has 3 heteroatoms. The quantitative estimate of drug-likeness (QED) is 0.829. The van der Waals surface area contributed by atoms with Gasteiger partial charge in [-0.2, -0.15) is 0 Å². The Labute approximate surface area is 109 Å². The SMILES string of the molecule is CC(C)=CCNC(C)c1ccc2c(c1)OCCO2. The van der Waals surface area contributed by atoms with Crippen molar-refractivity contribution in [2.45, 2.75) is 26.8 Å². The van der Waals surface area contributed by atoms with Crippen LogP contribution in [0.1, 0.15) is 32.4 Å². The Hall–Kier alpha value is -1.48. The van der Waals surface area contributed by atoms with Gasteiger partial charge in [0.05, 0.1) is 0 Å². The highest BCUT2D eigenvalue weighted by atomic mass is 16.6.